The summed E-state index contributed by atoms with van der Waals surface area (Å²) in [5.74, 6) is 0. The molecule has 0 aliphatic carbocycles. The van der Waals surface area contributed by atoms with E-state index in [-0.39, 0.29) is 0 Å². The lowest BCUT2D eigenvalue weighted by atomic mass is 10.2. The van der Waals surface area contributed by atoms with E-state index in [0.29, 0.717) is 5.56 Å². The Kier molecular flexibility index (Phi) is 2.29. The van der Waals surface area contributed by atoms with Crippen LogP contribution in [0.5, 0.6) is 0 Å². The van der Waals surface area contributed by atoms with Crippen LogP contribution < -0.4 is 0 Å². The predicted octanol–water partition coefficient (Wildman–Crippen LogP) is 1.22. The van der Waals surface area contributed by atoms with Gasteiger partial charge in [0.2, 0.25) is 0 Å². The summed E-state index contributed by atoms with van der Waals surface area (Å²) in [5, 5.41) is 2.33. The maximum Gasteiger partial charge on any atom is 0.163 e. The van der Waals surface area contributed by atoms with E-state index in [1.165, 1.54) is 0 Å². The smallest absolute Gasteiger partial charge is 0.163 e. The van der Waals surface area contributed by atoms with E-state index < -0.39 is 10.5 Å². The maximum atomic E-state index is 10.2. The molecule has 0 aromatic heterocycles. The minimum absolute atomic E-state index is 0.642. The zero-order chi connectivity index (χ0) is 7.40. The van der Waals surface area contributed by atoms with Crippen molar-refractivity contribution in [2.75, 3.05) is 0 Å². The van der Waals surface area contributed by atoms with Gasteiger partial charge in [-0.2, -0.15) is 4.21 Å². The van der Waals surface area contributed by atoms with E-state index in [1.54, 1.807) is 24.3 Å². The number of hydrogen-bond donors (Lipinski definition) is 1. The average molecular weight is 154 g/mol. The second kappa shape index (κ2) is 3.22. The second-order valence-electron chi connectivity index (χ2n) is 1.72. The molecule has 0 saturated heterocycles. The summed E-state index contributed by atoms with van der Waals surface area (Å²) in [6, 6.07) is 8.85. The van der Waals surface area contributed by atoms with E-state index in [0.717, 1.165) is 0 Å². The highest BCUT2D eigenvalue weighted by Gasteiger charge is 1.80. The van der Waals surface area contributed by atoms with Crippen molar-refractivity contribution in [1.82, 2.24) is 0 Å². The molecule has 2 nitrogen and oxygen atoms in total. The Bertz CT molecular complexity index is 333. The highest BCUT2D eigenvalue weighted by Crippen LogP contribution is 1.93. The summed E-state index contributed by atoms with van der Waals surface area (Å²) in [7, 11) is -1.97. The fourth-order valence-electron chi connectivity index (χ4n) is 0.607. The first-order chi connectivity index (χ1) is 4.79. The Labute approximate surface area is 61.0 Å². The predicted molar refractivity (Wildman–Crippen MR) is 40.2 cm³/mol. The Morgan fingerprint density at radius 3 is 2.40 bits per heavy atom. The molecule has 1 aromatic carbocycles. The van der Waals surface area contributed by atoms with Gasteiger partial charge in [-0.25, -0.2) is 0 Å². The van der Waals surface area contributed by atoms with Crippen LogP contribution in [0.2, 0.25) is 0 Å². The maximum absolute atomic E-state index is 10.2. The Balaban J connectivity index is 3.10. The molecule has 0 aliphatic rings. The molecule has 0 spiro atoms. The van der Waals surface area contributed by atoms with Crippen molar-refractivity contribution in [2.45, 2.75) is 0 Å². The molecule has 0 atom stereocenters. The minimum atomic E-state index is -1.97. The second-order valence-corrected chi connectivity index (χ2v) is 2.42. The van der Waals surface area contributed by atoms with Gasteiger partial charge in [0.25, 0.3) is 0 Å². The van der Waals surface area contributed by atoms with E-state index in [4.69, 9.17) is 4.55 Å². The van der Waals surface area contributed by atoms with Gasteiger partial charge in [-0.3, -0.25) is 4.55 Å². The summed E-state index contributed by atoms with van der Waals surface area (Å²) >= 11 is 0. The summed E-state index contributed by atoms with van der Waals surface area (Å²) in [6.07, 6.45) is 0. The van der Waals surface area contributed by atoms with Crippen molar-refractivity contribution in [3.8, 4) is 5.18 Å². The molecule has 0 bridgehead atoms. The molecule has 52 valence electrons. The van der Waals surface area contributed by atoms with Crippen LogP contribution >= 0.6 is 0 Å². The van der Waals surface area contributed by atoms with Crippen LogP contribution in [0.3, 0.4) is 0 Å². The molecule has 0 heterocycles. The van der Waals surface area contributed by atoms with Crippen LogP contribution in [0, 0.1) is 5.18 Å². The third kappa shape index (κ3) is 2.07. The lowest BCUT2D eigenvalue weighted by Crippen LogP contribution is -1.72. The lowest BCUT2D eigenvalue weighted by molar-refractivity contribution is 0.582. The van der Waals surface area contributed by atoms with Gasteiger partial charge >= 0.3 is 0 Å². The largest absolute Gasteiger partial charge is 0.281 e. The molecule has 10 heavy (non-hydrogen) atoms. The van der Waals surface area contributed by atoms with Gasteiger partial charge < -0.3 is 0 Å². The first-order valence-corrected chi connectivity index (χ1v) is 3.82. The number of hydrogen-bond acceptors (Lipinski definition) is 1. The minimum Gasteiger partial charge on any atom is -0.281 e. The summed E-state index contributed by atoms with van der Waals surface area (Å²) in [5.41, 5.74) is 0.642. The van der Waals surface area contributed by atoms with E-state index in [9.17, 15) is 4.21 Å². The molecule has 0 unspecified atom stereocenters. The third-order valence-electron chi connectivity index (χ3n) is 0.979. The van der Waals surface area contributed by atoms with Crippen LogP contribution in [0.4, 0.5) is 0 Å². The topological polar surface area (TPSA) is 37.3 Å². The standard InChI is InChI=1S/C7H6O2S/c8-10(9)6-7-4-2-1-3-5-7/h1-5H,(H,8,9). The first-order valence-electron chi connectivity index (χ1n) is 2.71. The van der Waals surface area contributed by atoms with Crippen LogP contribution in [-0.2, 0) is 10.5 Å². The van der Waals surface area contributed by atoms with E-state index in [1.807, 2.05) is 6.07 Å². The zero-order valence-corrected chi connectivity index (χ0v) is 5.97. The lowest BCUT2D eigenvalue weighted by Gasteiger charge is -1.82. The van der Waals surface area contributed by atoms with E-state index >= 15 is 0 Å². The van der Waals surface area contributed by atoms with Crippen molar-refractivity contribution in [3.05, 3.63) is 35.9 Å². The molecule has 0 radical (unpaired) electrons. The molecule has 1 rings (SSSR count). The number of rotatable bonds is 0. The molecule has 0 amide bonds. The normalized spacial score (nSPS) is 8.50. The summed E-state index contributed by atoms with van der Waals surface area (Å²) < 4.78 is 18.5. The van der Waals surface area contributed by atoms with Crippen molar-refractivity contribution in [2.24, 2.45) is 0 Å². The fourth-order valence-corrected chi connectivity index (χ4v) is 0.945. The molecule has 0 saturated carbocycles. The van der Waals surface area contributed by atoms with Crippen LogP contribution in [-0.4, -0.2) is 8.76 Å². The van der Waals surface area contributed by atoms with Gasteiger partial charge in [-0.15, -0.1) is 0 Å². The monoisotopic (exact) mass is 154 g/mol. The van der Waals surface area contributed by atoms with Gasteiger partial charge in [-0.05, 0) is 12.1 Å². The van der Waals surface area contributed by atoms with Crippen LogP contribution in [0.15, 0.2) is 30.3 Å². The van der Waals surface area contributed by atoms with Gasteiger partial charge in [0, 0.05) is 10.7 Å². The van der Waals surface area contributed by atoms with Gasteiger partial charge in [0.1, 0.15) is 0 Å². The third-order valence-corrected chi connectivity index (χ3v) is 1.39. The van der Waals surface area contributed by atoms with Crippen molar-refractivity contribution in [1.29, 1.82) is 0 Å². The Morgan fingerprint density at radius 1 is 1.30 bits per heavy atom. The van der Waals surface area contributed by atoms with E-state index in [2.05, 4.69) is 5.18 Å². The summed E-state index contributed by atoms with van der Waals surface area (Å²) in [4.78, 5) is 0. The summed E-state index contributed by atoms with van der Waals surface area (Å²) in [6.45, 7) is 0. The average Bonchev–Trinajstić information content (AvgIpc) is 1.88. The number of benzene rings is 1. The van der Waals surface area contributed by atoms with Gasteiger partial charge in [0.15, 0.2) is 10.5 Å². The van der Waals surface area contributed by atoms with Gasteiger partial charge in [0.05, 0.1) is 0 Å². The highest BCUT2D eigenvalue weighted by molar-refractivity contribution is 7.68. The van der Waals surface area contributed by atoms with Crippen molar-refractivity contribution < 1.29 is 8.76 Å². The zero-order valence-electron chi connectivity index (χ0n) is 5.15. The quantitative estimate of drug-likeness (QED) is 0.570. The first kappa shape index (κ1) is 7.09. The molecule has 0 aliphatic heterocycles. The van der Waals surface area contributed by atoms with Crippen LogP contribution in [0.25, 0.3) is 0 Å². The molecule has 3 heteroatoms. The SMILES string of the molecule is O=S(O)#Cc1ccccc1. The molecule has 1 aromatic rings. The Hall–Kier alpha value is -1.02. The Morgan fingerprint density at radius 2 is 1.90 bits per heavy atom. The molecule has 0 fully saturated rings. The molecular formula is C7H6O2S. The van der Waals surface area contributed by atoms with Crippen LogP contribution in [0.1, 0.15) is 5.56 Å². The molecule has 1 N–H and O–H groups in total. The highest BCUT2D eigenvalue weighted by atomic mass is 32.2. The fraction of sp³-hybridized carbons (Fsp3) is 0. The molecular weight excluding hydrogens is 148 g/mol. The van der Waals surface area contributed by atoms with Gasteiger partial charge in [-0.1, -0.05) is 18.2 Å². The van der Waals surface area contributed by atoms with Crippen molar-refractivity contribution in [3.63, 3.8) is 0 Å². The van der Waals surface area contributed by atoms with Crippen molar-refractivity contribution >= 4 is 10.5 Å².